The van der Waals surface area contributed by atoms with Crippen LogP contribution in [0.1, 0.15) is 12.8 Å². The van der Waals surface area contributed by atoms with E-state index in [0.29, 0.717) is 12.6 Å². The maximum atomic E-state index is 9.21. The lowest BCUT2D eigenvalue weighted by Crippen LogP contribution is -2.28. The first-order chi connectivity index (χ1) is 6.84. The molecule has 1 aliphatic heterocycles. The monoisotopic (exact) mass is 193 g/mol. The van der Waals surface area contributed by atoms with Crippen molar-refractivity contribution in [1.82, 2.24) is 5.32 Å². The first-order valence-electron chi connectivity index (χ1n) is 5.00. The predicted molar refractivity (Wildman–Crippen MR) is 54.6 cm³/mol. The Balaban J connectivity index is 1.85. The molecule has 1 saturated heterocycles. The van der Waals surface area contributed by atoms with Crippen molar-refractivity contribution in [3.05, 3.63) is 24.3 Å². The Kier molecular flexibility index (Phi) is 2.89. The Labute approximate surface area is 83.7 Å². The molecule has 1 fully saturated rings. The van der Waals surface area contributed by atoms with Crippen molar-refractivity contribution in [3.63, 3.8) is 0 Å². The van der Waals surface area contributed by atoms with Gasteiger partial charge in [-0.05, 0) is 31.5 Å². The average Bonchev–Trinajstić information content (AvgIpc) is 2.67. The van der Waals surface area contributed by atoms with E-state index in [1.165, 1.54) is 12.8 Å². The summed E-state index contributed by atoms with van der Waals surface area (Å²) in [6.45, 7) is 1.78. The SMILES string of the molecule is Oc1cccc(OC[C@@H]2CCCN2)c1. The molecule has 0 aromatic heterocycles. The van der Waals surface area contributed by atoms with Crippen LogP contribution in [0.15, 0.2) is 24.3 Å². The molecule has 0 bridgehead atoms. The number of hydrogen-bond acceptors (Lipinski definition) is 3. The second-order valence-electron chi connectivity index (χ2n) is 3.60. The molecule has 1 aromatic carbocycles. The van der Waals surface area contributed by atoms with Crippen LogP contribution in [0.3, 0.4) is 0 Å². The van der Waals surface area contributed by atoms with Gasteiger partial charge in [-0.15, -0.1) is 0 Å². The number of hydrogen-bond donors (Lipinski definition) is 2. The van der Waals surface area contributed by atoms with Crippen LogP contribution in [0.25, 0.3) is 0 Å². The summed E-state index contributed by atoms with van der Waals surface area (Å²) in [5.41, 5.74) is 0. The van der Waals surface area contributed by atoms with E-state index in [4.69, 9.17) is 4.74 Å². The van der Waals surface area contributed by atoms with Gasteiger partial charge in [0.05, 0.1) is 0 Å². The van der Waals surface area contributed by atoms with E-state index in [0.717, 1.165) is 12.3 Å². The van der Waals surface area contributed by atoms with Crippen LogP contribution in [0.2, 0.25) is 0 Å². The number of ether oxygens (including phenoxy) is 1. The maximum absolute atomic E-state index is 9.21. The van der Waals surface area contributed by atoms with Gasteiger partial charge in [0, 0.05) is 12.1 Å². The summed E-state index contributed by atoms with van der Waals surface area (Å²) in [6, 6.07) is 7.38. The quantitative estimate of drug-likeness (QED) is 0.764. The van der Waals surface area contributed by atoms with Crippen molar-refractivity contribution in [3.8, 4) is 11.5 Å². The highest BCUT2D eigenvalue weighted by molar-refractivity contribution is 5.31. The fourth-order valence-electron chi connectivity index (χ4n) is 1.67. The molecule has 0 radical (unpaired) electrons. The van der Waals surface area contributed by atoms with Gasteiger partial charge in [-0.1, -0.05) is 6.07 Å². The molecule has 2 N–H and O–H groups in total. The maximum Gasteiger partial charge on any atom is 0.123 e. The minimum atomic E-state index is 0.252. The van der Waals surface area contributed by atoms with Gasteiger partial charge < -0.3 is 15.2 Å². The minimum Gasteiger partial charge on any atom is -0.508 e. The lowest BCUT2D eigenvalue weighted by Gasteiger charge is -2.11. The van der Waals surface area contributed by atoms with E-state index in [9.17, 15) is 5.11 Å². The molecular weight excluding hydrogens is 178 g/mol. The largest absolute Gasteiger partial charge is 0.508 e. The molecule has 2 rings (SSSR count). The third kappa shape index (κ3) is 2.39. The topological polar surface area (TPSA) is 41.5 Å². The van der Waals surface area contributed by atoms with E-state index in [-0.39, 0.29) is 5.75 Å². The Bertz CT molecular complexity index is 295. The summed E-state index contributed by atoms with van der Waals surface area (Å²) in [6.07, 6.45) is 2.41. The molecular formula is C11H15NO2. The number of rotatable bonds is 3. The van der Waals surface area contributed by atoms with Crippen molar-refractivity contribution >= 4 is 0 Å². The van der Waals surface area contributed by atoms with Crippen molar-refractivity contribution in [2.45, 2.75) is 18.9 Å². The van der Waals surface area contributed by atoms with E-state index >= 15 is 0 Å². The molecule has 14 heavy (non-hydrogen) atoms. The fraction of sp³-hybridized carbons (Fsp3) is 0.455. The first-order valence-corrected chi connectivity index (χ1v) is 5.00. The number of aromatic hydroxyl groups is 1. The van der Waals surface area contributed by atoms with Crippen LogP contribution in [0.5, 0.6) is 11.5 Å². The van der Waals surface area contributed by atoms with Crippen LogP contribution in [0.4, 0.5) is 0 Å². The van der Waals surface area contributed by atoms with Crippen LogP contribution >= 0.6 is 0 Å². The summed E-state index contributed by atoms with van der Waals surface area (Å²) in [4.78, 5) is 0. The number of nitrogens with one attached hydrogen (secondary N) is 1. The van der Waals surface area contributed by atoms with Gasteiger partial charge in [0.2, 0.25) is 0 Å². The summed E-state index contributed by atoms with van der Waals surface area (Å²) in [7, 11) is 0. The van der Waals surface area contributed by atoms with Crippen molar-refractivity contribution in [1.29, 1.82) is 0 Å². The second kappa shape index (κ2) is 4.33. The molecule has 0 saturated carbocycles. The molecule has 3 nitrogen and oxygen atoms in total. The highest BCUT2D eigenvalue weighted by Crippen LogP contribution is 2.18. The standard InChI is InChI=1S/C11H15NO2/c13-10-4-1-5-11(7-10)14-8-9-3-2-6-12-9/h1,4-5,7,9,12-13H,2-3,6,8H2/t9-/m0/s1. The van der Waals surface area contributed by atoms with Crippen LogP contribution in [0, 0.1) is 0 Å². The number of benzene rings is 1. The Morgan fingerprint density at radius 1 is 1.50 bits per heavy atom. The Morgan fingerprint density at radius 2 is 2.43 bits per heavy atom. The van der Waals surface area contributed by atoms with Gasteiger partial charge in [0.15, 0.2) is 0 Å². The van der Waals surface area contributed by atoms with E-state index in [1.54, 1.807) is 18.2 Å². The molecule has 1 atom stereocenters. The van der Waals surface area contributed by atoms with Gasteiger partial charge in [0.1, 0.15) is 18.1 Å². The van der Waals surface area contributed by atoms with E-state index < -0.39 is 0 Å². The summed E-state index contributed by atoms with van der Waals surface area (Å²) in [5.74, 6) is 0.987. The molecule has 0 amide bonds. The zero-order chi connectivity index (χ0) is 9.80. The van der Waals surface area contributed by atoms with Gasteiger partial charge >= 0.3 is 0 Å². The minimum absolute atomic E-state index is 0.252. The lowest BCUT2D eigenvalue weighted by atomic mass is 10.2. The highest BCUT2D eigenvalue weighted by Gasteiger charge is 2.14. The number of phenols is 1. The van der Waals surface area contributed by atoms with Gasteiger partial charge in [0.25, 0.3) is 0 Å². The highest BCUT2D eigenvalue weighted by atomic mass is 16.5. The third-order valence-electron chi connectivity index (χ3n) is 2.43. The van der Waals surface area contributed by atoms with E-state index in [1.807, 2.05) is 6.07 Å². The van der Waals surface area contributed by atoms with Crippen molar-refractivity contribution in [2.24, 2.45) is 0 Å². The normalized spacial score (nSPS) is 21.0. The predicted octanol–water partition coefficient (Wildman–Crippen LogP) is 1.52. The Morgan fingerprint density at radius 3 is 3.14 bits per heavy atom. The van der Waals surface area contributed by atoms with Crippen LogP contribution in [-0.4, -0.2) is 24.3 Å². The Hall–Kier alpha value is -1.22. The molecule has 1 heterocycles. The van der Waals surface area contributed by atoms with Gasteiger partial charge in [-0.2, -0.15) is 0 Å². The molecule has 1 aromatic rings. The van der Waals surface area contributed by atoms with Crippen molar-refractivity contribution < 1.29 is 9.84 Å². The summed E-state index contributed by atoms with van der Waals surface area (Å²) >= 11 is 0. The van der Waals surface area contributed by atoms with Gasteiger partial charge in [-0.3, -0.25) is 0 Å². The lowest BCUT2D eigenvalue weighted by molar-refractivity contribution is 0.276. The fourth-order valence-corrected chi connectivity index (χ4v) is 1.67. The molecule has 0 spiro atoms. The molecule has 1 aliphatic rings. The smallest absolute Gasteiger partial charge is 0.123 e. The van der Waals surface area contributed by atoms with Crippen molar-refractivity contribution in [2.75, 3.05) is 13.2 Å². The molecule has 0 unspecified atom stereocenters. The first kappa shape index (κ1) is 9.34. The molecule has 0 aliphatic carbocycles. The van der Waals surface area contributed by atoms with Gasteiger partial charge in [-0.25, -0.2) is 0 Å². The zero-order valence-electron chi connectivity index (χ0n) is 8.07. The van der Waals surface area contributed by atoms with Crippen LogP contribution < -0.4 is 10.1 Å². The zero-order valence-corrected chi connectivity index (χ0v) is 8.07. The van der Waals surface area contributed by atoms with E-state index in [2.05, 4.69) is 5.32 Å². The third-order valence-corrected chi connectivity index (χ3v) is 2.43. The summed E-state index contributed by atoms with van der Waals surface area (Å²) < 4.78 is 5.55. The summed E-state index contributed by atoms with van der Waals surface area (Å²) in [5, 5.41) is 12.6. The average molecular weight is 193 g/mol. The molecule has 76 valence electrons. The number of phenolic OH excluding ortho intramolecular Hbond substituents is 1. The second-order valence-corrected chi connectivity index (χ2v) is 3.60. The molecule has 3 heteroatoms. The van der Waals surface area contributed by atoms with Crippen LogP contribution in [-0.2, 0) is 0 Å².